The first kappa shape index (κ1) is 13.1. The van der Waals surface area contributed by atoms with Crippen molar-refractivity contribution in [2.24, 2.45) is 5.73 Å². The molecule has 0 spiro atoms. The Hall–Kier alpha value is -2.33. The van der Waals surface area contributed by atoms with Gasteiger partial charge >= 0.3 is 0 Å². The van der Waals surface area contributed by atoms with Gasteiger partial charge in [0.25, 0.3) is 0 Å². The van der Waals surface area contributed by atoms with Crippen molar-refractivity contribution in [1.29, 1.82) is 0 Å². The van der Waals surface area contributed by atoms with E-state index in [1.54, 1.807) is 41.2 Å². The van der Waals surface area contributed by atoms with E-state index in [-0.39, 0.29) is 24.7 Å². The van der Waals surface area contributed by atoms with E-state index < -0.39 is 0 Å². The summed E-state index contributed by atoms with van der Waals surface area (Å²) in [7, 11) is 0. The van der Waals surface area contributed by atoms with Crippen LogP contribution in [0, 0.1) is 0 Å². The number of hydrogen-bond acceptors (Lipinski definition) is 3. The van der Waals surface area contributed by atoms with Crippen molar-refractivity contribution < 1.29 is 14.2 Å². The van der Waals surface area contributed by atoms with Crippen LogP contribution in [0.1, 0.15) is 20.7 Å². The smallest absolute Gasteiger partial charge is 0.227 e. The minimum atomic E-state index is -0.110. The van der Waals surface area contributed by atoms with Crippen molar-refractivity contribution in [3.05, 3.63) is 66.0 Å². The Balaban J connectivity index is 2.08. The molecule has 0 unspecified atom stereocenters. The molecule has 0 fully saturated rings. The summed E-state index contributed by atoms with van der Waals surface area (Å²) in [5.74, 6) is -0.0787. The summed E-state index contributed by atoms with van der Waals surface area (Å²) < 4.78 is 1.74. The number of carbonyl (C=O) groups is 2. The summed E-state index contributed by atoms with van der Waals surface area (Å²) in [5.41, 5.74) is 6.53. The van der Waals surface area contributed by atoms with Crippen LogP contribution in [0.4, 0.5) is 0 Å². The highest BCUT2D eigenvalue weighted by Crippen LogP contribution is 2.00. The molecule has 0 amide bonds. The molecule has 4 nitrogen and oxygen atoms in total. The number of nitrogens with zero attached hydrogens (tertiary/aromatic N) is 1. The van der Waals surface area contributed by atoms with Gasteiger partial charge in [-0.25, -0.2) is 0 Å². The molecule has 1 aromatic heterocycles. The largest absolute Gasteiger partial charge is 0.324 e. The molecular weight excluding hydrogens is 240 g/mol. The van der Waals surface area contributed by atoms with Crippen molar-refractivity contribution in [2.75, 3.05) is 6.54 Å². The molecule has 0 bridgehead atoms. The topological polar surface area (TPSA) is 64.0 Å². The van der Waals surface area contributed by atoms with Gasteiger partial charge in [-0.1, -0.05) is 30.3 Å². The lowest BCUT2D eigenvalue weighted by atomic mass is 10.1. The first-order valence-electron chi connectivity index (χ1n) is 6.01. The van der Waals surface area contributed by atoms with Gasteiger partial charge in [0, 0.05) is 23.3 Å². The van der Waals surface area contributed by atoms with Crippen molar-refractivity contribution >= 4 is 11.6 Å². The fourth-order valence-corrected chi connectivity index (χ4v) is 1.75. The SMILES string of the molecule is NCC(=O)c1cc[n+](CC(=O)c2ccccc2)cc1. The second-order valence-electron chi connectivity index (χ2n) is 4.18. The number of nitrogens with two attached hydrogens (primary N) is 1. The van der Waals surface area contributed by atoms with E-state index in [9.17, 15) is 9.59 Å². The molecule has 0 atom stereocenters. The number of aromatic nitrogens is 1. The van der Waals surface area contributed by atoms with Gasteiger partial charge in [-0.05, 0) is 0 Å². The van der Waals surface area contributed by atoms with Crippen molar-refractivity contribution in [3.63, 3.8) is 0 Å². The predicted molar refractivity (Wildman–Crippen MR) is 70.8 cm³/mol. The Labute approximate surface area is 111 Å². The number of pyridine rings is 1. The molecule has 0 saturated heterocycles. The second kappa shape index (κ2) is 6.02. The number of Topliss-reactive ketones (excluding diaryl/α,β-unsaturated/α-hetero) is 2. The van der Waals surface area contributed by atoms with Crippen LogP contribution in [-0.2, 0) is 6.54 Å². The van der Waals surface area contributed by atoms with Crippen molar-refractivity contribution in [2.45, 2.75) is 6.54 Å². The summed E-state index contributed by atoms with van der Waals surface area (Å²) in [6.07, 6.45) is 3.42. The number of carbonyl (C=O) groups excluding carboxylic acids is 2. The Morgan fingerprint density at radius 2 is 1.47 bits per heavy atom. The molecule has 0 saturated carbocycles. The van der Waals surface area contributed by atoms with Gasteiger partial charge < -0.3 is 5.73 Å². The lowest BCUT2D eigenvalue weighted by Gasteiger charge is -1.99. The third-order valence-electron chi connectivity index (χ3n) is 2.82. The van der Waals surface area contributed by atoms with Crippen LogP contribution < -0.4 is 10.3 Å². The Bertz CT molecular complexity index is 577. The summed E-state index contributed by atoms with van der Waals surface area (Å²) in [6.45, 7) is 0.244. The molecule has 0 aliphatic rings. The standard InChI is InChI=1S/C15H15N2O2/c16-10-14(18)13-6-8-17(9-7-13)11-15(19)12-4-2-1-3-5-12/h1-9H,10-11,16H2/q+1. The van der Waals surface area contributed by atoms with Crippen LogP contribution in [0.25, 0.3) is 0 Å². The predicted octanol–water partition coefficient (Wildman–Crippen LogP) is 0.998. The molecule has 1 aromatic carbocycles. The third kappa shape index (κ3) is 3.33. The minimum Gasteiger partial charge on any atom is -0.324 e. The summed E-state index contributed by atoms with van der Waals surface area (Å²) in [5, 5.41) is 0. The van der Waals surface area contributed by atoms with Crippen LogP contribution in [0.3, 0.4) is 0 Å². The highest BCUT2D eigenvalue weighted by Gasteiger charge is 2.12. The average molecular weight is 255 g/mol. The van der Waals surface area contributed by atoms with Gasteiger partial charge in [0.1, 0.15) is 0 Å². The number of benzene rings is 1. The second-order valence-corrected chi connectivity index (χ2v) is 4.18. The van der Waals surface area contributed by atoms with Gasteiger partial charge in [-0.3, -0.25) is 9.59 Å². The third-order valence-corrected chi connectivity index (χ3v) is 2.82. The average Bonchev–Trinajstić information content (AvgIpc) is 2.48. The fourth-order valence-electron chi connectivity index (χ4n) is 1.75. The van der Waals surface area contributed by atoms with E-state index in [4.69, 9.17) is 5.73 Å². The quantitative estimate of drug-likeness (QED) is 0.640. The van der Waals surface area contributed by atoms with E-state index in [2.05, 4.69) is 0 Å². The molecule has 1 heterocycles. The lowest BCUT2D eigenvalue weighted by Crippen LogP contribution is -2.37. The maximum atomic E-state index is 12.0. The van der Waals surface area contributed by atoms with Gasteiger partial charge in [-0.2, -0.15) is 4.57 Å². The van der Waals surface area contributed by atoms with Gasteiger partial charge in [0.2, 0.25) is 12.3 Å². The number of rotatable bonds is 5. The van der Waals surface area contributed by atoms with E-state index in [1.165, 1.54) is 0 Å². The molecule has 0 aliphatic carbocycles. The van der Waals surface area contributed by atoms with E-state index in [0.717, 1.165) is 0 Å². The highest BCUT2D eigenvalue weighted by molar-refractivity contribution is 5.97. The molecule has 96 valence electrons. The first-order valence-corrected chi connectivity index (χ1v) is 6.01. The highest BCUT2D eigenvalue weighted by atomic mass is 16.1. The molecule has 0 radical (unpaired) electrons. The Kier molecular flexibility index (Phi) is 4.15. The van der Waals surface area contributed by atoms with E-state index in [0.29, 0.717) is 11.1 Å². The zero-order valence-electron chi connectivity index (χ0n) is 10.5. The summed E-state index contributed by atoms with van der Waals surface area (Å²) in [4.78, 5) is 23.3. The molecule has 2 rings (SSSR count). The number of hydrogen-bond donors (Lipinski definition) is 1. The zero-order chi connectivity index (χ0) is 13.7. The first-order chi connectivity index (χ1) is 9.20. The number of ketones is 2. The lowest BCUT2D eigenvalue weighted by molar-refractivity contribution is -0.683. The van der Waals surface area contributed by atoms with Crippen LogP contribution in [0.15, 0.2) is 54.9 Å². The summed E-state index contributed by atoms with van der Waals surface area (Å²) >= 11 is 0. The maximum absolute atomic E-state index is 12.0. The summed E-state index contributed by atoms with van der Waals surface area (Å²) in [6, 6.07) is 12.5. The van der Waals surface area contributed by atoms with Crippen LogP contribution >= 0.6 is 0 Å². The van der Waals surface area contributed by atoms with E-state index in [1.807, 2.05) is 18.2 Å². The van der Waals surface area contributed by atoms with Gasteiger partial charge in [0.05, 0.1) is 6.54 Å². The molecule has 2 N–H and O–H groups in total. The molecular formula is C15H15N2O2+. The minimum absolute atomic E-state index is 0.00698. The fraction of sp³-hybridized carbons (Fsp3) is 0.133. The monoisotopic (exact) mass is 255 g/mol. The maximum Gasteiger partial charge on any atom is 0.227 e. The van der Waals surface area contributed by atoms with E-state index >= 15 is 0 Å². The van der Waals surface area contributed by atoms with Gasteiger partial charge in [-0.15, -0.1) is 0 Å². The van der Waals surface area contributed by atoms with Gasteiger partial charge in [0.15, 0.2) is 18.2 Å². The van der Waals surface area contributed by atoms with Crippen LogP contribution in [-0.4, -0.2) is 18.1 Å². The Morgan fingerprint density at radius 3 is 2.05 bits per heavy atom. The Morgan fingerprint density at radius 1 is 0.895 bits per heavy atom. The van der Waals surface area contributed by atoms with Crippen molar-refractivity contribution in [1.82, 2.24) is 0 Å². The van der Waals surface area contributed by atoms with Crippen LogP contribution in [0.2, 0.25) is 0 Å². The van der Waals surface area contributed by atoms with Crippen molar-refractivity contribution in [3.8, 4) is 0 Å². The van der Waals surface area contributed by atoms with Crippen LogP contribution in [0.5, 0.6) is 0 Å². The molecule has 4 heteroatoms. The zero-order valence-corrected chi connectivity index (χ0v) is 10.5. The molecule has 2 aromatic rings. The molecule has 0 aliphatic heterocycles. The molecule has 19 heavy (non-hydrogen) atoms. The normalized spacial score (nSPS) is 10.2.